The highest BCUT2D eigenvalue weighted by Crippen LogP contribution is 2.11. The molecule has 3 heterocycles. The van der Waals surface area contributed by atoms with E-state index in [1.165, 1.54) is 11.3 Å². The van der Waals surface area contributed by atoms with Crippen LogP contribution >= 0.6 is 11.3 Å². The molecule has 0 fully saturated rings. The molecule has 3 aromatic heterocycles. The van der Waals surface area contributed by atoms with Crippen molar-refractivity contribution in [3.05, 3.63) is 45.8 Å². The van der Waals surface area contributed by atoms with Crippen LogP contribution in [0, 0.1) is 0 Å². The molecule has 0 aliphatic rings. The van der Waals surface area contributed by atoms with Crippen molar-refractivity contribution < 1.29 is 0 Å². The largest absolute Gasteiger partial charge is 0.314 e. The van der Waals surface area contributed by atoms with Crippen molar-refractivity contribution in [1.29, 1.82) is 0 Å². The van der Waals surface area contributed by atoms with Gasteiger partial charge in [-0.3, -0.25) is 14.1 Å². The fourth-order valence-electron chi connectivity index (χ4n) is 2.35. The molecule has 0 bridgehead atoms. The molecule has 0 aromatic carbocycles. The predicted octanol–water partition coefficient (Wildman–Crippen LogP) is 1.56. The van der Waals surface area contributed by atoms with Crippen molar-refractivity contribution in [2.24, 2.45) is 0 Å². The third-order valence-electron chi connectivity index (χ3n) is 3.40. The Morgan fingerprint density at radius 2 is 2.18 bits per heavy atom. The van der Waals surface area contributed by atoms with Gasteiger partial charge in [-0.25, -0.2) is 4.98 Å². The van der Waals surface area contributed by atoms with E-state index in [1.807, 2.05) is 17.0 Å². The van der Waals surface area contributed by atoms with Crippen LogP contribution in [0.25, 0.3) is 4.96 Å². The van der Waals surface area contributed by atoms with E-state index in [0.29, 0.717) is 19.1 Å². The number of thiazole rings is 1. The normalized spacial score (nSPS) is 11.9. The van der Waals surface area contributed by atoms with Crippen LogP contribution in [-0.2, 0) is 13.1 Å². The molecule has 7 nitrogen and oxygen atoms in total. The van der Waals surface area contributed by atoms with E-state index in [-0.39, 0.29) is 5.56 Å². The van der Waals surface area contributed by atoms with Gasteiger partial charge in [0.25, 0.3) is 5.56 Å². The second kappa shape index (κ2) is 5.98. The minimum absolute atomic E-state index is 0.0417. The zero-order valence-corrected chi connectivity index (χ0v) is 13.6. The van der Waals surface area contributed by atoms with E-state index in [2.05, 4.69) is 33.9 Å². The summed E-state index contributed by atoms with van der Waals surface area (Å²) in [7, 11) is 1.98. The molecule has 0 radical (unpaired) electrons. The Balaban J connectivity index is 1.76. The van der Waals surface area contributed by atoms with E-state index < -0.39 is 0 Å². The van der Waals surface area contributed by atoms with Crippen LogP contribution in [0.3, 0.4) is 0 Å². The highest BCUT2D eigenvalue weighted by atomic mass is 32.1. The third kappa shape index (κ3) is 2.93. The summed E-state index contributed by atoms with van der Waals surface area (Å²) in [6.07, 6.45) is 3.49. The van der Waals surface area contributed by atoms with Crippen LogP contribution in [0.2, 0.25) is 0 Å². The highest BCUT2D eigenvalue weighted by Gasteiger charge is 2.12. The fraction of sp³-hybridized carbons (Fsp3) is 0.429. The lowest BCUT2D eigenvalue weighted by molar-refractivity contribution is 0.298. The number of hydrogen-bond acceptors (Lipinski definition) is 6. The fourth-order valence-corrected chi connectivity index (χ4v) is 3.09. The minimum atomic E-state index is -0.0417. The highest BCUT2D eigenvalue weighted by molar-refractivity contribution is 7.15. The molecule has 0 unspecified atom stereocenters. The van der Waals surface area contributed by atoms with E-state index >= 15 is 0 Å². The summed E-state index contributed by atoms with van der Waals surface area (Å²) in [6.45, 7) is 5.44. The summed E-state index contributed by atoms with van der Waals surface area (Å²) in [4.78, 5) is 19.3. The molecule has 0 aliphatic heterocycles. The zero-order chi connectivity index (χ0) is 15.7. The van der Waals surface area contributed by atoms with Crippen molar-refractivity contribution in [2.45, 2.75) is 33.0 Å². The van der Waals surface area contributed by atoms with Gasteiger partial charge >= 0.3 is 0 Å². The Hall–Kier alpha value is -2.06. The monoisotopic (exact) mass is 318 g/mol. The molecule has 0 spiro atoms. The molecular weight excluding hydrogens is 300 g/mol. The average Bonchev–Trinajstić information content (AvgIpc) is 3.07. The van der Waals surface area contributed by atoms with Gasteiger partial charge in [0.15, 0.2) is 4.96 Å². The Morgan fingerprint density at radius 3 is 2.95 bits per heavy atom. The number of nitrogens with zero attached hydrogens (tertiary/aromatic N) is 6. The zero-order valence-electron chi connectivity index (χ0n) is 12.8. The molecule has 0 saturated carbocycles. The number of hydrogen-bond donors (Lipinski definition) is 0. The summed E-state index contributed by atoms with van der Waals surface area (Å²) in [5, 5.41) is 10.00. The van der Waals surface area contributed by atoms with Crippen molar-refractivity contribution in [3.63, 3.8) is 0 Å². The lowest BCUT2D eigenvalue weighted by atomic mass is 10.3. The maximum Gasteiger partial charge on any atom is 0.258 e. The molecule has 0 N–H and O–H groups in total. The standard InChI is InChI=1S/C14H18N6OS/c1-10(2)20-9-15-17-12(20)8-18(3)7-11-6-13(21)19-4-5-22-14(19)16-11/h4-6,9-10H,7-8H2,1-3H3. The number of fused-ring (bicyclic) bond motifs is 1. The summed E-state index contributed by atoms with van der Waals surface area (Å²) >= 11 is 1.46. The van der Waals surface area contributed by atoms with Gasteiger partial charge in [-0.15, -0.1) is 21.5 Å². The predicted molar refractivity (Wildman–Crippen MR) is 84.9 cm³/mol. The summed E-state index contributed by atoms with van der Waals surface area (Å²) in [5.41, 5.74) is 0.727. The van der Waals surface area contributed by atoms with Gasteiger partial charge in [0.05, 0.1) is 12.2 Å². The smallest absolute Gasteiger partial charge is 0.258 e. The number of rotatable bonds is 5. The average molecular weight is 318 g/mol. The van der Waals surface area contributed by atoms with E-state index in [1.54, 1.807) is 23.0 Å². The van der Waals surface area contributed by atoms with Gasteiger partial charge in [-0.2, -0.15) is 0 Å². The molecule has 3 rings (SSSR count). The maximum absolute atomic E-state index is 12.0. The SMILES string of the molecule is CC(C)n1cnnc1CN(C)Cc1cc(=O)n2ccsc2n1. The number of aromatic nitrogens is 5. The summed E-state index contributed by atoms with van der Waals surface area (Å²) in [5.74, 6) is 0.909. The van der Waals surface area contributed by atoms with Crippen molar-refractivity contribution in [3.8, 4) is 0 Å². The molecule has 116 valence electrons. The van der Waals surface area contributed by atoms with E-state index in [4.69, 9.17) is 0 Å². The van der Waals surface area contributed by atoms with Crippen molar-refractivity contribution in [2.75, 3.05) is 7.05 Å². The van der Waals surface area contributed by atoms with Crippen LogP contribution in [0.5, 0.6) is 0 Å². The van der Waals surface area contributed by atoms with Crippen LogP contribution in [0.1, 0.15) is 31.4 Å². The van der Waals surface area contributed by atoms with Gasteiger partial charge in [-0.1, -0.05) is 0 Å². The second-order valence-corrected chi connectivity index (χ2v) is 6.43. The first kappa shape index (κ1) is 14.9. The first-order valence-corrected chi connectivity index (χ1v) is 7.95. The van der Waals surface area contributed by atoms with Crippen LogP contribution in [0.4, 0.5) is 0 Å². The van der Waals surface area contributed by atoms with Crippen LogP contribution < -0.4 is 5.56 Å². The molecule has 0 aliphatic carbocycles. The van der Waals surface area contributed by atoms with E-state index in [0.717, 1.165) is 16.5 Å². The summed E-state index contributed by atoms with van der Waals surface area (Å²) in [6, 6.07) is 1.91. The molecule has 8 heteroatoms. The van der Waals surface area contributed by atoms with Crippen molar-refractivity contribution in [1.82, 2.24) is 29.0 Å². The Morgan fingerprint density at radius 1 is 1.36 bits per heavy atom. The van der Waals surface area contributed by atoms with Gasteiger partial charge in [0.1, 0.15) is 12.2 Å². The molecule has 3 aromatic rings. The first-order chi connectivity index (χ1) is 10.5. The molecule has 0 amide bonds. The summed E-state index contributed by atoms with van der Waals surface area (Å²) < 4.78 is 3.60. The minimum Gasteiger partial charge on any atom is -0.314 e. The third-order valence-corrected chi connectivity index (χ3v) is 4.16. The lowest BCUT2D eigenvalue weighted by Gasteiger charge is -2.17. The van der Waals surface area contributed by atoms with Gasteiger partial charge in [-0.05, 0) is 20.9 Å². The van der Waals surface area contributed by atoms with Gasteiger partial charge in [0, 0.05) is 30.2 Å². The second-order valence-electron chi connectivity index (χ2n) is 5.56. The first-order valence-electron chi connectivity index (χ1n) is 7.07. The molecule has 0 saturated heterocycles. The topological polar surface area (TPSA) is 68.3 Å². The van der Waals surface area contributed by atoms with Crippen molar-refractivity contribution >= 4 is 16.3 Å². The van der Waals surface area contributed by atoms with Crippen LogP contribution in [0.15, 0.2) is 28.8 Å². The van der Waals surface area contributed by atoms with Crippen LogP contribution in [-0.4, -0.2) is 36.1 Å². The van der Waals surface area contributed by atoms with Gasteiger partial charge < -0.3 is 4.57 Å². The quantitative estimate of drug-likeness (QED) is 0.714. The Kier molecular flexibility index (Phi) is 4.04. The van der Waals surface area contributed by atoms with Gasteiger partial charge in [0.2, 0.25) is 0 Å². The Bertz CT molecular complexity index is 833. The maximum atomic E-state index is 12.0. The Labute approximate surface area is 131 Å². The van der Waals surface area contributed by atoms with E-state index in [9.17, 15) is 4.79 Å². The molecule has 22 heavy (non-hydrogen) atoms. The molecular formula is C14H18N6OS. The molecule has 0 atom stereocenters. The lowest BCUT2D eigenvalue weighted by Crippen LogP contribution is -2.23.